The van der Waals surface area contributed by atoms with Crippen molar-refractivity contribution in [3.05, 3.63) is 51.5 Å². The van der Waals surface area contributed by atoms with Crippen LogP contribution in [0.5, 0.6) is 0 Å². The van der Waals surface area contributed by atoms with E-state index < -0.39 is 0 Å². The van der Waals surface area contributed by atoms with E-state index in [9.17, 15) is 0 Å². The lowest BCUT2D eigenvalue weighted by Crippen LogP contribution is -2.33. The van der Waals surface area contributed by atoms with Crippen LogP contribution in [0.3, 0.4) is 0 Å². The number of hydrogen-bond acceptors (Lipinski definition) is 2. The van der Waals surface area contributed by atoms with Gasteiger partial charge in [0.05, 0.1) is 10.7 Å². The summed E-state index contributed by atoms with van der Waals surface area (Å²) in [4.78, 5) is 4.54. The molecule has 0 atom stereocenters. The Morgan fingerprint density at radius 2 is 1.74 bits per heavy atom. The second-order valence-electron chi connectivity index (χ2n) is 4.95. The molecule has 1 nitrogen and oxygen atoms in total. The molecule has 0 unspecified atom stereocenters. The standard InChI is InChI=1S/C15H17Cl2NS/c1-11-3-5-13(6-4-11)15(9-16,10-17)7-14-8-19-12(2)18-14/h3-6,8H,7,9-10H2,1-2H3. The van der Waals surface area contributed by atoms with Crippen molar-refractivity contribution in [1.82, 2.24) is 4.98 Å². The number of aryl methyl sites for hydroxylation is 2. The minimum Gasteiger partial charge on any atom is -0.247 e. The van der Waals surface area contributed by atoms with E-state index in [-0.39, 0.29) is 5.41 Å². The van der Waals surface area contributed by atoms with Crippen molar-refractivity contribution in [2.24, 2.45) is 0 Å². The molecule has 4 heteroatoms. The zero-order valence-electron chi connectivity index (χ0n) is 11.1. The predicted molar refractivity (Wildman–Crippen MR) is 84.9 cm³/mol. The summed E-state index contributed by atoms with van der Waals surface area (Å²) in [5, 5.41) is 3.18. The highest BCUT2D eigenvalue weighted by Crippen LogP contribution is 2.32. The van der Waals surface area contributed by atoms with E-state index in [4.69, 9.17) is 23.2 Å². The Morgan fingerprint density at radius 1 is 1.11 bits per heavy atom. The molecule has 1 aromatic carbocycles. The zero-order chi connectivity index (χ0) is 13.9. The summed E-state index contributed by atoms with van der Waals surface area (Å²) < 4.78 is 0. The van der Waals surface area contributed by atoms with E-state index in [1.165, 1.54) is 11.1 Å². The molecular formula is C15H17Cl2NS. The first-order valence-electron chi connectivity index (χ1n) is 6.20. The lowest BCUT2D eigenvalue weighted by molar-refractivity contribution is 0.530. The van der Waals surface area contributed by atoms with Crippen LogP contribution in [0.4, 0.5) is 0 Å². The molecule has 102 valence electrons. The van der Waals surface area contributed by atoms with Gasteiger partial charge in [-0.25, -0.2) is 4.98 Å². The molecule has 0 aliphatic rings. The molecule has 0 aliphatic heterocycles. The second kappa shape index (κ2) is 6.25. The van der Waals surface area contributed by atoms with E-state index in [1.54, 1.807) is 11.3 Å². The first-order chi connectivity index (χ1) is 9.09. The van der Waals surface area contributed by atoms with Crippen molar-refractivity contribution in [3.63, 3.8) is 0 Å². The van der Waals surface area contributed by atoms with Crippen LogP contribution in [-0.2, 0) is 11.8 Å². The van der Waals surface area contributed by atoms with Crippen molar-refractivity contribution in [1.29, 1.82) is 0 Å². The number of thiazole rings is 1. The molecule has 1 heterocycles. The van der Waals surface area contributed by atoms with Gasteiger partial charge in [0.15, 0.2) is 0 Å². The molecule has 1 aromatic heterocycles. The van der Waals surface area contributed by atoms with Gasteiger partial charge in [0.25, 0.3) is 0 Å². The molecule has 2 rings (SSSR count). The second-order valence-corrected chi connectivity index (χ2v) is 6.55. The van der Waals surface area contributed by atoms with Crippen LogP contribution < -0.4 is 0 Å². The van der Waals surface area contributed by atoms with Gasteiger partial charge < -0.3 is 0 Å². The van der Waals surface area contributed by atoms with Crippen LogP contribution in [0.25, 0.3) is 0 Å². The van der Waals surface area contributed by atoms with Gasteiger partial charge in [0.1, 0.15) is 0 Å². The number of rotatable bonds is 5. The number of benzene rings is 1. The third kappa shape index (κ3) is 3.31. The third-order valence-electron chi connectivity index (χ3n) is 3.36. The summed E-state index contributed by atoms with van der Waals surface area (Å²) in [6.45, 7) is 4.10. The van der Waals surface area contributed by atoms with Crippen molar-refractivity contribution in [2.75, 3.05) is 11.8 Å². The molecule has 0 aliphatic carbocycles. The molecule has 0 radical (unpaired) electrons. The summed E-state index contributed by atoms with van der Waals surface area (Å²) in [5.74, 6) is 0.992. The monoisotopic (exact) mass is 313 g/mol. The summed E-state index contributed by atoms with van der Waals surface area (Å²) >= 11 is 14.2. The van der Waals surface area contributed by atoms with E-state index in [1.807, 2.05) is 6.92 Å². The smallest absolute Gasteiger partial charge is 0.0897 e. The Morgan fingerprint density at radius 3 is 2.21 bits per heavy atom. The van der Waals surface area contributed by atoms with Gasteiger partial charge in [-0.3, -0.25) is 0 Å². The summed E-state index contributed by atoms with van der Waals surface area (Å²) in [5.41, 5.74) is 3.27. The summed E-state index contributed by atoms with van der Waals surface area (Å²) in [7, 11) is 0. The van der Waals surface area contributed by atoms with Crippen LogP contribution in [0.2, 0.25) is 0 Å². The molecule has 0 saturated heterocycles. The predicted octanol–water partition coefficient (Wildman–Crippen LogP) is 4.72. The maximum Gasteiger partial charge on any atom is 0.0897 e. The number of halogens is 2. The van der Waals surface area contributed by atoms with Gasteiger partial charge in [-0.05, 0) is 19.4 Å². The molecular weight excluding hydrogens is 297 g/mol. The van der Waals surface area contributed by atoms with Crippen LogP contribution in [-0.4, -0.2) is 16.7 Å². The average molecular weight is 314 g/mol. The number of alkyl halides is 2. The Labute approximate surface area is 128 Å². The van der Waals surface area contributed by atoms with E-state index in [0.29, 0.717) is 11.8 Å². The highest BCUT2D eigenvalue weighted by molar-refractivity contribution is 7.09. The van der Waals surface area contributed by atoms with Crippen LogP contribution in [0.15, 0.2) is 29.6 Å². The molecule has 0 N–H and O–H groups in total. The SMILES string of the molecule is Cc1ccc(C(CCl)(CCl)Cc2csc(C)n2)cc1. The van der Waals surface area contributed by atoms with Gasteiger partial charge in [0, 0.05) is 29.0 Å². The van der Waals surface area contributed by atoms with Crippen LogP contribution in [0.1, 0.15) is 21.8 Å². The number of aromatic nitrogens is 1. The van der Waals surface area contributed by atoms with Crippen molar-refractivity contribution in [2.45, 2.75) is 25.7 Å². The molecule has 0 amide bonds. The maximum atomic E-state index is 6.25. The first-order valence-corrected chi connectivity index (χ1v) is 8.14. The Balaban J connectivity index is 2.33. The minimum atomic E-state index is -0.239. The quantitative estimate of drug-likeness (QED) is 0.728. The molecule has 2 aromatic rings. The van der Waals surface area contributed by atoms with Gasteiger partial charge in [0.2, 0.25) is 0 Å². The van der Waals surface area contributed by atoms with Crippen LogP contribution in [0, 0.1) is 13.8 Å². The van der Waals surface area contributed by atoms with E-state index in [0.717, 1.165) is 17.1 Å². The molecule has 0 spiro atoms. The Kier molecular flexibility index (Phi) is 4.88. The lowest BCUT2D eigenvalue weighted by Gasteiger charge is -2.29. The summed E-state index contributed by atoms with van der Waals surface area (Å²) in [6.07, 6.45) is 0.785. The van der Waals surface area contributed by atoms with Gasteiger partial charge in [-0.2, -0.15) is 0 Å². The molecule has 0 saturated carbocycles. The average Bonchev–Trinajstić information content (AvgIpc) is 2.82. The van der Waals surface area contributed by atoms with E-state index >= 15 is 0 Å². The van der Waals surface area contributed by atoms with E-state index in [2.05, 4.69) is 41.6 Å². The van der Waals surface area contributed by atoms with Crippen molar-refractivity contribution in [3.8, 4) is 0 Å². The molecule has 0 fully saturated rings. The van der Waals surface area contributed by atoms with Gasteiger partial charge >= 0.3 is 0 Å². The Hall–Kier alpha value is -0.570. The fraction of sp³-hybridized carbons (Fsp3) is 0.400. The largest absolute Gasteiger partial charge is 0.247 e. The first kappa shape index (κ1) is 14.8. The fourth-order valence-corrected chi connectivity index (χ4v) is 3.53. The lowest BCUT2D eigenvalue weighted by atomic mass is 9.80. The maximum absolute atomic E-state index is 6.25. The fourth-order valence-electron chi connectivity index (χ4n) is 2.13. The molecule has 0 bridgehead atoms. The van der Waals surface area contributed by atoms with Gasteiger partial charge in [-0.15, -0.1) is 34.5 Å². The van der Waals surface area contributed by atoms with Gasteiger partial charge in [-0.1, -0.05) is 29.8 Å². The summed E-state index contributed by atoms with van der Waals surface area (Å²) in [6, 6.07) is 8.46. The zero-order valence-corrected chi connectivity index (χ0v) is 13.4. The number of nitrogens with zero attached hydrogens (tertiary/aromatic N) is 1. The Bertz CT molecular complexity index is 529. The van der Waals surface area contributed by atoms with Crippen molar-refractivity contribution < 1.29 is 0 Å². The number of hydrogen-bond donors (Lipinski definition) is 0. The normalized spacial score (nSPS) is 11.8. The highest BCUT2D eigenvalue weighted by Gasteiger charge is 2.31. The highest BCUT2D eigenvalue weighted by atomic mass is 35.5. The van der Waals surface area contributed by atoms with Crippen LogP contribution >= 0.6 is 34.5 Å². The third-order valence-corrected chi connectivity index (χ3v) is 5.21. The van der Waals surface area contributed by atoms with Crippen molar-refractivity contribution >= 4 is 34.5 Å². The molecule has 19 heavy (non-hydrogen) atoms. The minimum absolute atomic E-state index is 0.239. The topological polar surface area (TPSA) is 12.9 Å².